The number of carboxylic acids is 1. The summed E-state index contributed by atoms with van der Waals surface area (Å²) in [7, 11) is 5.47. The van der Waals surface area contributed by atoms with E-state index in [9.17, 15) is 19.5 Å². The van der Waals surface area contributed by atoms with Crippen LogP contribution in [0.25, 0.3) is 0 Å². The summed E-state index contributed by atoms with van der Waals surface area (Å²) in [6.45, 7) is 4.33. The number of carboxylic acid groups (broad SMARTS) is 1. The second-order valence-corrected chi connectivity index (χ2v) is 15.3. The van der Waals surface area contributed by atoms with Crippen LogP contribution in [-0.2, 0) is 28.6 Å². The molecule has 0 aromatic carbocycles. The van der Waals surface area contributed by atoms with E-state index in [1.165, 1.54) is 0 Å². The Bertz CT molecular complexity index is 1430. The van der Waals surface area contributed by atoms with Gasteiger partial charge in [-0.1, -0.05) is 154 Å². The number of hydrogen-bond donors (Lipinski definition) is 1. The maximum absolute atomic E-state index is 12.7. The second kappa shape index (κ2) is 41.2. The van der Waals surface area contributed by atoms with Crippen LogP contribution in [0.4, 0.5) is 0 Å². The third-order valence-corrected chi connectivity index (χ3v) is 8.89. The number of hydrogen-bond acceptors (Lipinski definition) is 6. The first kappa shape index (κ1) is 55.5. The number of carbonyl (C=O) groups excluding carboxylic acids is 2. The molecule has 0 aromatic heterocycles. The number of esters is 2. The molecule has 0 bridgehead atoms. The summed E-state index contributed by atoms with van der Waals surface area (Å²) in [5.41, 5.74) is 0. The zero-order valence-electron chi connectivity index (χ0n) is 37.8. The Morgan fingerprint density at radius 3 is 1.50 bits per heavy atom. The Morgan fingerprint density at radius 2 is 0.983 bits per heavy atom. The van der Waals surface area contributed by atoms with Crippen molar-refractivity contribution in [3.05, 3.63) is 134 Å². The van der Waals surface area contributed by atoms with Gasteiger partial charge in [0.15, 0.2) is 12.1 Å². The van der Waals surface area contributed by atoms with Crippen molar-refractivity contribution in [3.63, 3.8) is 0 Å². The van der Waals surface area contributed by atoms with Gasteiger partial charge in [-0.05, 0) is 83.5 Å². The monoisotopic (exact) mass is 831 g/mol. The van der Waals surface area contributed by atoms with Crippen LogP contribution in [0.15, 0.2) is 134 Å². The molecule has 0 amide bonds. The number of ether oxygens (including phenoxy) is 3. The number of rotatable bonds is 37. The highest BCUT2D eigenvalue weighted by Gasteiger charge is 2.31. The van der Waals surface area contributed by atoms with Crippen LogP contribution in [0.2, 0.25) is 0 Å². The first-order valence-corrected chi connectivity index (χ1v) is 22.3. The first-order valence-electron chi connectivity index (χ1n) is 22.3. The molecule has 334 valence electrons. The summed E-state index contributed by atoms with van der Waals surface area (Å²) >= 11 is 0. The molecule has 0 aliphatic carbocycles. The van der Waals surface area contributed by atoms with E-state index in [2.05, 4.69) is 111 Å². The van der Waals surface area contributed by atoms with Crippen molar-refractivity contribution in [1.29, 1.82) is 0 Å². The predicted octanol–water partition coefficient (Wildman–Crippen LogP) is 12.4. The number of aliphatic carboxylic acids is 1. The summed E-state index contributed by atoms with van der Waals surface area (Å²) in [5, 5.41) is 9.62. The second-order valence-electron chi connectivity index (χ2n) is 15.3. The number of allylic oxidation sites excluding steroid dienone is 22. The van der Waals surface area contributed by atoms with Gasteiger partial charge in [0.2, 0.25) is 0 Å². The fraction of sp³-hybridized carbons (Fsp3) is 0.519. The van der Waals surface area contributed by atoms with Crippen molar-refractivity contribution in [2.75, 3.05) is 41.0 Å². The molecule has 2 unspecified atom stereocenters. The molecule has 60 heavy (non-hydrogen) atoms. The summed E-state index contributed by atoms with van der Waals surface area (Å²) in [6, 6.07) is -0.640. The van der Waals surface area contributed by atoms with Crippen molar-refractivity contribution in [2.24, 2.45) is 0 Å². The smallest absolute Gasteiger partial charge is 0.362 e. The topological polar surface area (TPSA) is 99.1 Å². The molecule has 0 saturated heterocycles. The van der Waals surface area contributed by atoms with Gasteiger partial charge in [-0.3, -0.25) is 9.59 Å². The van der Waals surface area contributed by atoms with Gasteiger partial charge in [0.05, 0.1) is 34.4 Å². The van der Waals surface area contributed by atoms with Gasteiger partial charge >= 0.3 is 17.9 Å². The SMILES string of the molecule is CC/C=C/C=C/C=C/C=C/CCCCCC(=O)OC(COCCC(C(=O)O)[N+](C)(C)C)COC(=O)CCC/C=C/C/C=C/C/C=C/C/C=C/C/C=C/C/C=C/C/C=C/CC. The van der Waals surface area contributed by atoms with E-state index in [0.717, 1.165) is 77.0 Å². The molecular weight excluding hydrogens is 751 g/mol. The van der Waals surface area contributed by atoms with Crippen LogP contribution < -0.4 is 0 Å². The Kier molecular flexibility index (Phi) is 38.1. The van der Waals surface area contributed by atoms with E-state index in [1.54, 1.807) is 0 Å². The fourth-order valence-corrected chi connectivity index (χ4v) is 5.50. The third kappa shape index (κ3) is 39.0. The van der Waals surface area contributed by atoms with Crippen molar-refractivity contribution >= 4 is 17.9 Å². The van der Waals surface area contributed by atoms with Gasteiger partial charge < -0.3 is 23.8 Å². The van der Waals surface area contributed by atoms with Crippen molar-refractivity contribution < 1.29 is 38.2 Å². The molecule has 0 aliphatic heterocycles. The van der Waals surface area contributed by atoms with E-state index in [1.807, 2.05) is 57.6 Å². The molecule has 0 spiro atoms. The average molecular weight is 831 g/mol. The standard InChI is InChI=1S/C52H79NO7/c1-6-8-10-12-14-16-18-20-21-22-23-24-25-26-27-28-29-31-32-34-36-38-40-42-50(54)59-47-48(46-58-45-44-49(52(56)57)53(3,4)5)60-51(55)43-41-39-37-35-33-30-19-17-15-13-11-9-7-2/h8-11,13-17,19-21,23-24,26-27,29-31,33-34,36,48-49H,6-7,12,18,22,25,28,32,35,37-47H2,1-5H3/p+1/b10-8+,11-9+,15-13+,16-14+,19-17+,21-20+,24-23+,27-26+,31-29+,33-30+,36-34+. The van der Waals surface area contributed by atoms with Crippen LogP contribution in [-0.4, -0.2) is 80.6 Å². The van der Waals surface area contributed by atoms with Crippen molar-refractivity contribution in [2.45, 2.75) is 135 Å². The van der Waals surface area contributed by atoms with Crippen LogP contribution in [0.3, 0.4) is 0 Å². The number of unbranched alkanes of at least 4 members (excludes halogenated alkanes) is 4. The normalized spacial score (nSPS) is 14.2. The Balaban J connectivity index is 4.49. The minimum atomic E-state index is -0.897. The third-order valence-electron chi connectivity index (χ3n) is 8.89. The lowest BCUT2D eigenvalue weighted by Crippen LogP contribution is -2.50. The van der Waals surface area contributed by atoms with Gasteiger partial charge in [-0.2, -0.15) is 0 Å². The molecular formula is C52H80NO7+. The zero-order valence-corrected chi connectivity index (χ0v) is 37.8. The minimum absolute atomic E-state index is 0.0161. The Morgan fingerprint density at radius 1 is 0.517 bits per heavy atom. The Hall–Kier alpha value is -4.53. The largest absolute Gasteiger partial charge is 0.477 e. The molecule has 0 heterocycles. The fourth-order valence-electron chi connectivity index (χ4n) is 5.50. The van der Waals surface area contributed by atoms with E-state index >= 15 is 0 Å². The molecule has 0 aromatic rings. The quantitative estimate of drug-likeness (QED) is 0.0219. The van der Waals surface area contributed by atoms with Crippen LogP contribution in [0.1, 0.15) is 123 Å². The van der Waals surface area contributed by atoms with Crippen LogP contribution >= 0.6 is 0 Å². The molecule has 0 saturated carbocycles. The van der Waals surface area contributed by atoms with E-state index < -0.39 is 18.1 Å². The number of likely N-dealkylation sites (N-methyl/N-ethyl adjacent to an activating group) is 1. The summed E-state index contributed by atoms with van der Waals surface area (Å²) < 4.78 is 17.1. The van der Waals surface area contributed by atoms with Gasteiger partial charge in [0, 0.05) is 19.3 Å². The van der Waals surface area contributed by atoms with Gasteiger partial charge in [0.1, 0.15) is 6.61 Å². The maximum atomic E-state index is 12.7. The predicted molar refractivity (Wildman–Crippen MR) is 251 cm³/mol. The molecule has 1 N–H and O–H groups in total. The molecule has 8 heteroatoms. The molecule has 0 rings (SSSR count). The highest BCUT2D eigenvalue weighted by atomic mass is 16.6. The first-order chi connectivity index (χ1) is 29.1. The van der Waals surface area contributed by atoms with Crippen LogP contribution in [0, 0.1) is 0 Å². The molecule has 2 atom stereocenters. The van der Waals surface area contributed by atoms with Gasteiger partial charge in [-0.25, -0.2) is 4.79 Å². The highest BCUT2D eigenvalue weighted by molar-refractivity contribution is 5.72. The maximum Gasteiger partial charge on any atom is 0.362 e. The van der Waals surface area contributed by atoms with E-state index in [0.29, 0.717) is 19.3 Å². The average Bonchev–Trinajstić information content (AvgIpc) is 3.21. The zero-order chi connectivity index (χ0) is 44.2. The molecule has 8 nitrogen and oxygen atoms in total. The van der Waals surface area contributed by atoms with Crippen LogP contribution in [0.5, 0.6) is 0 Å². The lowest BCUT2D eigenvalue weighted by atomic mass is 10.1. The van der Waals surface area contributed by atoms with Gasteiger partial charge in [-0.15, -0.1) is 0 Å². The highest BCUT2D eigenvalue weighted by Crippen LogP contribution is 2.11. The number of nitrogens with zero attached hydrogens (tertiary/aromatic N) is 1. The molecule has 0 radical (unpaired) electrons. The molecule has 0 fully saturated rings. The van der Waals surface area contributed by atoms with E-state index in [-0.39, 0.29) is 49.1 Å². The lowest BCUT2D eigenvalue weighted by Gasteiger charge is -2.31. The summed E-state index contributed by atoms with van der Waals surface area (Å²) in [6.07, 6.45) is 59.4. The number of quaternary nitrogens is 1. The summed E-state index contributed by atoms with van der Waals surface area (Å²) in [5.74, 6) is -1.62. The van der Waals surface area contributed by atoms with E-state index in [4.69, 9.17) is 14.2 Å². The Labute approximate surface area is 364 Å². The van der Waals surface area contributed by atoms with Gasteiger partial charge in [0.25, 0.3) is 0 Å². The summed E-state index contributed by atoms with van der Waals surface area (Å²) in [4.78, 5) is 36.9. The minimum Gasteiger partial charge on any atom is -0.477 e. The van der Waals surface area contributed by atoms with Crippen molar-refractivity contribution in [3.8, 4) is 0 Å². The van der Waals surface area contributed by atoms with Crippen molar-refractivity contribution in [1.82, 2.24) is 0 Å². The lowest BCUT2D eigenvalue weighted by molar-refractivity contribution is -0.887. The number of carbonyl (C=O) groups is 3. The molecule has 0 aliphatic rings.